The fourth-order valence-corrected chi connectivity index (χ4v) is 10.2. The first-order valence-electron chi connectivity index (χ1n) is 13.0. The number of fused-ring (bicyclic) bond motifs is 2. The van der Waals surface area contributed by atoms with Crippen molar-refractivity contribution in [3.8, 4) is 0 Å². The summed E-state index contributed by atoms with van der Waals surface area (Å²) in [4.78, 5) is 0. The number of hydrogen-bond donors (Lipinski definition) is 0. The summed E-state index contributed by atoms with van der Waals surface area (Å²) in [6.07, 6.45) is 5.08. The Hall–Kier alpha value is -1.20. The van der Waals surface area contributed by atoms with Crippen molar-refractivity contribution in [2.75, 3.05) is 0 Å². The molecular formula is C32H42Zr. The minimum absolute atomic E-state index is 0.571. The second-order valence-corrected chi connectivity index (χ2v) is 15.3. The molecule has 2 unspecified atom stereocenters. The van der Waals surface area contributed by atoms with E-state index in [4.69, 9.17) is 0 Å². The topological polar surface area (TPSA) is 0 Å². The Morgan fingerprint density at radius 2 is 0.909 bits per heavy atom. The zero-order valence-electron chi connectivity index (χ0n) is 22.4. The zero-order valence-corrected chi connectivity index (χ0v) is 24.9. The summed E-state index contributed by atoms with van der Waals surface area (Å²) in [5.41, 5.74) is 15.8. The molecule has 0 amide bonds. The van der Waals surface area contributed by atoms with Crippen LogP contribution in [0.2, 0.25) is 0 Å². The maximum absolute atomic E-state index is 2.57. The number of benzene rings is 2. The Balaban J connectivity index is 1.79. The van der Waals surface area contributed by atoms with Gasteiger partial charge in [0.15, 0.2) is 0 Å². The van der Waals surface area contributed by atoms with Crippen molar-refractivity contribution in [2.24, 2.45) is 0 Å². The molecular weight excluding hydrogens is 476 g/mol. The van der Waals surface area contributed by atoms with Gasteiger partial charge >= 0.3 is 215 Å². The Bertz CT molecular complexity index is 1030. The summed E-state index contributed by atoms with van der Waals surface area (Å²) >= 11 is -0.812. The molecule has 0 aromatic heterocycles. The molecule has 2 aromatic carbocycles. The molecule has 2 aromatic rings. The van der Waals surface area contributed by atoms with Crippen molar-refractivity contribution in [2.45, 2.75) is 100 Å². The first-order valence-corrected chi connectivity index (χ1v) is 15.8. The van der Waals surface area contributed by atoms with E-state index in [1.807, 2.05) is 0 Å². The molecule has 2 aliphatic carbocycles. The second-order valence-electron chi connectivity index (χ2n) is 11.7. The van der Waals surface area contributed by atoms with E-state index in [-0.39, 0.29) is 0 Å². The van der Waals surface area contributed by atoms with Gasteiger partial charge in [0.1, 0.15) is 0 Å². The zero-order chi connectivity index (χ0) is 24.2. The van der Waals surface area contributed by atoms with Gasteiger partial charge < -0.3 is 0 Å². The molecule has 0 saturated heterocycles. The number of allylic oxidation sites excluding steroid dienone is 2. The third kappa shape index (κ3) is 4.57. The number of hydrogen-bond acceptors (Lipinski definition) is 0. The molecule has 0 heterocycles. The van der Waals surface area contributed by atoms with E-state index < -0.39 is 23.2 Å². The second kappa shape index (κ2) is 9.45. The molecule has 4 rings (SSSR count). The van der Waals surface area contributed by atoms with Crippen LogP contribution in [0.15, 0.2) is 35.4 Å². The van der Waals surface area contributed by atoms with Crippen molar-refractivity contribution >= 4 is 12.2 Å². The SMILES string of the molecule is CC1=Cc2c(C(C)C)cc(C(C)C)cc2[CH]1[Zr][CH]1C(C)=Cc2c(C(C)C)cc(C(C)C)cc21. The predicted octanol–water partition coefficient (Wildman–Crippen LogP) is 9.88. The normalized spacial score (nSPS) is 19.5. The standard InChI is InChI=1S/2C16H21.Zr/c2*1-10(2)13-8-14-6-12(5)7-16(14)15(9-13)11(3)4;/h2*6-11H,1-5H3;. The van der Waals surface area contributed by atoms with Crippen LogP contribution in [0.1, 0.15) is 145 Å². The van der Waals surface area contributed by atoms with Gasteiger partial charge in [0.25, 0.3) is 0 Å². The van der Waals surface area contributed by atoms with Gasteiger partial charge in [0, 0.05) is 0 Å². The molecule has 33 heavy (non-hydrogen) atoms. The predicted molar refractivity (Wildman–Crippen MR) is 142 cm³/mol. The van der Waals surface area contributed by atoms with E-state index in [9.17, 15) is 0 Å². The van der Waals surface area contributed by atoms with Gasteiger partial charge in [0.2, 0.25) is 0 Å². The van der Waals surface area contributed by atoms with Crippen LogP contribution < -0.4 is 0 Å². The van der Waals surface area contributed by atoms with Crippen LogP contribution in [0.5, 0.6) is 0 Å². The van der Waals surface area contributed by atoms with Gasteiger partial charge in [-0.25, -0.2) is 0 Å². The van der Waals surface area contributed by atoms with E-state index in [0.29, 0.717) is 30.9 Å². The van der Waals surface area contributed by atoms with Crippen LogP contribution in [-0.2, 0) is 23.2 Å². The molecule has 0 fully saturated rings. The molecule has 2 aliphatic rings. The van der Waals surface area contributed by atoms with Crippen molar-refractivity contribution in [3.63, 3.8) is 0 Å². The van der Waals surface area contributed by atoms with Gasteiger partial charge in [-0.1, -0.05) is 0 Å². The average molecular weight is 518 g/mol. The Morgan fingerprint density at radius 1 is 0.545 bits per heavy atom. The van der Waals surface area contributed by atoms with Crippen molar-refractivity contribution in [3.05, 3.63) is 79.9 Å². The Labute approximate surface area is 214 Å². The van der Waals surface area contributed by atoms with Gasteiger partial charge in [-0.05, 0) is 0 Å². The summed E-state index contributed by atoms with van der Waals surface area (Å²) in [6.45, 7) is 23.6. The summed E-state index contributed by atoms with van der Waals surface area (Å²) < 4.78 is 1.37. The van der Waals surface area contributed by atoms with Gasteiger partial charge in [0.05, 0.1) is 0 Å². The fourth-order valence-electron chi connectivity index (χ4n) is 5.60. The molecule has 0 nitrogen and oxygen atoms in total. The monoisotopic (exact) mass is 516 g/mol. The van der Waals surface area contributed by atoms with Gasteiger partial charge in [-0.15, -0.1) is 0 Å². The Kier molecular flexibility index (Phi) is 7.14. The molecule has 0 aliphatic heterocycles. The first kappa shape index (κ1) is 24.9. The summed E-state index contributed by atoms with van der Waals surface area (Å²) in [5, 5.41) is 0. The molecule has 0 saturated carbocycles. The van der Waals surface area contributed by atoms with Crippen LogP contribution >= 0.6 is 0 Å². The summed E-state index contributed by atoms with van der Waals surface area (Å²) in [5.74, 6) is 2.30. The average Bonchev–Trinajstić information content (AvgIpc) is 3.22. The van der Waals surface area contributed by atoms with Gasteiger partial charge in [-0.3, -0.25) is 0 Å². The third-order valence-corrected chi connectivity index (χ3v) is 13.1. The van der Waals surface area contributed by atoms with E-state index in [1.165, 1.54) is 11.1 Å². The molecule has 0 radical (unpaired) electrons. The van der Waals surface area contributed by atoms with Crippen LogP contribution in [0, 0.1) is 0 Å². The molecule has 2 atom stereocenters. The Morgan fingerprint density at radius 3 is 1.21 bits per heavy atom. The number of rotatable bonds is 6. The summed E-state index contributed by atoms with van der Waals surface area (Å²) in [6, 6.07) is 10.1. The van der Waals surface area contributed by atoms with E-state index in [0.717, 1.165) is 0 Å². The van der Waals surface area contributed by atoms with Crippen LogP contribution in [0.25, 0.3) is 12.2 Å². The van der Waals surface area contributed by atoms with E-state index in [1.54, 1.807) is 44.5 Å². The van der Waals surface area contributed by atoms with Crippen LogP contribution in [-0.4, -0.2) is 0 Å². The maximum atomic E-state index is 2.57. The molecule has 0 N–H and O–H groups in total. The van der Waals surface area contributed by atoms with E-state index >= 15 is 0 Å². The van der Waals surface area contributed by atoms with Crippen LogP contribution in [0.3, 0.4) is 0 Å². The van der Waals surface area contributed by atoms with Crippen molar-refractivity contribution < 1.29 is 23.2 Å². The summed E-state index contributed by atoms with van der Waals surface area (Å²) in [7, 11) is 0. The van der Waals surface area contributed by atoms with Crippen molar-refractivity contribution in [1.82, 2.24) is 0 Å². The van der Waals surface area contributed by atoms with Crippen molar-refractivity contribution in [1.29, 1.82) is 0 Å². The minimum atomic E-state index is -0.812. The molecule has 0 bridgehead atoms. The quantitative estimate of drug-likeness (QED) is 0.357. The van der Waals surface area contributed by atoms with Gasteiger partial charge in [-0.2, -0.15) is 0 Å². The first-order chi connectivity index (χ1) is 15.5. The van der Waals surface area contributed by atoms with E-state index in [2.05, 4.69) is 106 Å². The fraction of sp³-hybridized carbons (Fsp3) is 0.500. The van der Waals surface area contributed by atoms with Crippen LogP contribution in [0.4, 0.5) is 0 Å². The molecule has 0 spiro atoms. The third-order valence-electron chi connectivity index (χ3n) is 7.72. The molecule has 174 valence electrons. The molecule has 1 heteroatoms.